The topological polar surface area (TPSA) is 61.8 Å². The maximum Gasteiger partial charge on any atom is 0.191 e. The van der Waals surface area contributed by atoms with Gasteiger partial charge in [-0.15, -0.1) is 35.3 Å². The van der Waals surface area contributed by atoms with Crippen LogP contribution >= 0.6 is 35.3 Å². The average molecular weight is 489 g/mol. The summed E-state index contributed by atoms with van der Waals surface area (Å²) >= 11 is 1.64. The Morgan fingerprint density at radius 1 is 1.27 bits per heavy atom. The highest BCUT2D eigenvalue weighted by molar-refractivity contribution is 14.0. The first-order valence-corrected chi connectivity index (χ1v) is 9.23. The van der Waals surface area contributed by atoms with E-state index in [1.54, 1.807) is 18.4 Å². The number of thiazole rings is 1. The fourth-order valence-electron chi connectivity index (χ4n) is 2.16. The van der Waals surface area contributed by atoms with Gasteiger partial charge in [-0.3, -0.25) is 4.99 Å². The van der Waals surface area contributed by atoms with Crippen LogP contribution in [0.2, 0.25) is 0 Å². The molecule has 0 atom stereocenters. The molecule has 6 nitrogen and oxygen atoms in total. The van der Waals surface area contributed by atoms with Crippen molar-refractivity contribution in [1.29, 1.82) is 0 Å². The molecule has 0 fully saturated rings. The van der Waals surface area contributed by atoms with Crippen molar-refractivity contribution in [3.8, 4) is 5.75 Å². The molecule has 2 rings (SSSR count). The summed E-state index contributed by atoms with van der Waals surface area (Å²) in [6.45, 7) is 4.18. The molecule has 0 radical (unpaired) electrons. The lowest BCUT2D eigenvalue weighted by atomic mass is 10.2. The number of anilines is 1. The van der Waals surface area contributed by atoms with Crippen molar-refractivity contribution in [3.63, 3.8) is 0 Å². The Kier molecular flexibility index (Phi) is 10.3. The van der Waals surface area contributed by atoms with Crippen LogP contribution in [0.1, 0.15) is 17.7 Å². The minimum atomic E-state index is 0. The third kappa shape index (κ3) is 7.36. The fraction of sp³-hybridized carbons (Fsp3) is 0.444. The van der Waals surface area contributed by atoms with Crippen LogP contribution in [0.5, 0.6) is 5.75 Å². The molecule has 0 aliphatic carbocycles. The number of aromatic nitrogens is 1. The number of aliphatic imine (C=N–C) groups is 1. The first-order valence-electron chi connectivity index (χ1n) is 8.35. The average Bonchev–Trinajstić information content (AvgIpc) is 3.08. The quantitative estimate of drug-likeness (QED) is 0.258. The number of benzene rings is 1. The number of ether oxygens (including phenoxy) is 1. The molecule has 2 N–H and O–H groups in total. The highest BCUT2D eigenvalue weighted by Crippen LogP contribution is 2.17. The molecule has 1 aromatic heterocycles. The SMILES string of the molecule is CN=C(NCCCOc1ccccc1C)NCc1csc(N(C)C)n1.I. The number of rotatable bonds is 8. The number of hydrogen-bond acceptors (Lipinski definition) is 5. The van der Waals surface area contributed by atoms with E-state index in [0.717, 1.165) is 41.1 Å². The Labute approximate surface area is 177 Å². The van der Waals surface area contributed by atoms with Gasteiger partial charge in [0.15, 0.2) is 11.1 Å². The number of guanidine groups is 1. The summed E-state index contributed by atoms with van der Waals surface area (Å²) in [4.78, 5) is 10.8. The van der Waals surface area contributed by atoms with E-state index in [4.69, 9.17) is 4.74 Å². The lowest BCUT2D eigenvalue weighted by Crippen LogP contribution is -2.37. The zero-order chi connectivity index (χ0) is 18.1. The molecule has 2 aromatic rings. The second kappa shape index (κ2) is 11.9. The first-order chi connectivity index (χ1) is 12.1. The van der Waals surface area contributed by atoms with Gasteiger partial charge in [0, 0.05) is 33.1 Å². The van der Waals surface area contributed by atoms with Crippen LogP contribution in [-0.2, 0) is 6.54 Å². The number of nitrogens with zero attached hydrogens (tertiary/aromatic N) is 3. The van der Waals surface area contributed by atoms with E-state index in [2.05, 4.69) is 39.0 Å². The minimum Gasteiger partial charge on any atom is -0.493 e. The van der Waals surface area contributed by atoms with Crippen LogP contribution in [0.3, 0.4) is 0 Å². The third-order valence-corrected chi connectivity index (χ3v) is 4.60. The number of para-hydroxylation sites is 1. The van der Waals surface area contributed by atoms with E-state index in [0.29, 0.717) is 13.2 Å². The van der Waals surface area contributed by atoms with Gasteiger partial charge in [0.05, 0.1) is 18.8 Å². The van der Waals surface area contributed by atoms with Gasteiger partial charge in [0.25, 0.3) is 0 Å². The summed E-state index contributed by atoms with van der Waals surface area (Å²) in [7, 11) is 5.76. The highest BCUT2D eigenvalue weighted by atomic mass is 127. The molecule has 8 heteroatoms. The molecule has 0 aliphatic rings. The summed E-state index contributed by atoms with van der Waals surface area (Å²) in [5.41, 5.74) is 2.17. The Hall–Kier alpha value is -1.55. The van der Waals surface area contributed by atoms with E-state index >= 15 is 0 Å². The standard InChI is InChI=1S/C18H27N5OS.HI/c1-14-8-5-6-9-16(14)24-11-7-10-20-17(19-2)21-12-15-13-25-18(22-15)23(3)4;/h5-6,8-9,13H,7,10-12H2,1-4H3,(H2,19,20,21);1H. The second-order valence-electron chi connectivity index (χ2n) is 5.84. The van der Waals surface area contributed by atoms with Gasteiger partial charge in [0.2, 0.25) is 0 Å². The predicted molar refractivity (Wildman–Crippen MR) is 121 cm³/mol. The molecule has 26 heavy (non-hydrogen) atoms. The largest absolute Gasteiger partial charge is 0.493 e. The Morgan fingerprint density at radius 2 is 2.04 bits per heavy atom. The van der Waals surface area contributed by atoms with Crippen LogP contribution in [0.4, 0.5) is 5.13 Å². The summed E-state index contributed by atoms with van der Waals surface area (Å²) in [6, 6.07) is 8.06. The molecule has 0 unspecified atom stereocenters. The van der Waals surface area contributed by atoms with Crippen molar-refractivity contribution in [3.05, 3.63) is 40.9 Å². The maximum absolute atomic E-state index is 5.79. The van der Waals surface area contributed by atoms with Gasteiger partial charge >= 0.3 is 0 Å². The number of nitrogens with one attached hydrogen (secondary N) is 2. The van der Waals surface area contributed by atoms with E-state index in [1.807, 2.05) is 37.2 Å². The van der Waals surface area contributed by atoms with Crippen molar-refractivity contribution in [1.82, 2.24) is 15.6 Å². The van der Waals surface area contributed by atoms with E-state index in [-0.39, 0.29) is 24.0 Å². The van der Waals surface area contributed by atoms with Crippen molar-refractivity contribution in [2.75, 3.05) is 39.2 Å². The van der Waals surface area contributed by atoms with Crippen molar-refractivity contribution >= 4 is 46.4 Å². The molecule has 0 aliphatic heterocycles. The summed E-state index contributed by atoms with van der Waals surface area (Å²) in [5.74, 6) is 1.72. The molecule has 1 heterocycles. The Balaban J connectivity index is 0.00000338. The molecule has 144 valence electrons. The molecule has 0 saturated heterocycles. The van der Waals surface area contributed by atoms with E-state index in [1.165, 1.54) is 0 Å². The zero-order valence-electron chi connectivity index (χ0n) is 15.8. The van der Waals surface area contributed by atoms with Crippen molar-refractivity contribution in [2.45, 2.75) is 19.9 Å². The molecular formula is C18H28IN5OS. The molecule has 1 aromatic carbocycles. The fourth-order valence-corrected chi connectivity index (χ4v) is 2.92. The molecule has 0 bridgehead atoms. The van der Waals surface area contributed by atoms with E-state index < -0.39 is 0 Å². The number of aryl methyl sites for hydroxylation is 1. The van der Waals surface area contributed by atoms with Gasteiger partial charge in [-0.2, -0.15) is 0 Å². The second-order valence-corrected chi connectivity index (χ2v) is 6.67. The van der Waals surface area contributed by atoms with Gasteiger partial charge in [-0.25, -0.2) is 4.98 Å². The monoisotopic (exact) mass is 489 g/mol. The Bertz CT molecular complexity index is 690. The summed E-state index contributed by atoms with van der Waals surface area (Å²) < 4.78 is 5.79. The van der Waals surface area contributed by atoms with Gasteiger partial charge in [0.1, 0.15) is 5.75 Å². The molecule has 0 saturated carbocycles. The smallest absolute Gasteiger partial charge is 0.191 e. The maximum atomic E-state index is 5.79. The molecule has 0 amide bonds. The van der Waals surface area contributed by atoms with Gasteiger partial charge in [-0.1, -0.05) is 18.2 Å². The highest BCUT2D eigenvalue weighted by Gasteiger charge is 2.04. The Morgan fingerprint density at radius 3 is 2.69 bits per heavy atom. The van der Waals surface area contributed by atoms with Crippen molar-refractivity contribution < 1.29 is 4.74 Å². The molecular weight excluding hydrogens is 461 g/mol. The first kappa shape index (κ1) is 22.5. The number of halogens is 1. The van der Waals surface area contributed by atoms with Crippen LogP contribution in [-0.4, -0.2) is 45.2 Å². The molecule has 0 spiro atoms. The normalized spacial score (nSPS) is 10.8. The summed E-state index contributed by atoms with van der Waals surface area (Å²) in [6.07, 6.45) is 0.899. The third-order valence-electron chi connectivity index (χ3n) is 3.55. The van der Waals surface area contributed by atoms with Gasteiger partial charge in [-0.05, 0) is 25.0 Å². The zero-order valence-corrected chi connectivity index (χ0v) is 18.9. The van der Waals surface area contributed by atoms with Crippen molar-refractivity contribution in [2.24, 2.45) is 4.99 Å². The predicted octanol–water partition coefficient (Wildman–Crippen LogP) is 3.27. The van der Waals surface area contributed by atoms with Crippen LogP contribution in [0, 0.1) is 6.92 Å². The lowest BCUT2D eigenvalue weighted by Gasteiger charge is -2.12. The van der Waals surface area contributed by atoms with E-state index in [9.17, 15) is 0 Å². The van der Waals surface area contributed by atoms with Crippen LogP contribution in [0.25, 0.3) is 0 Å². The summed E-state index contributed by atoms with van der Waals surface area (Å²) in [5, 5.41) is 9.64. The number of hydrogen-bond donors (Lipinski definition) is 2. The lowest BCUT2D eigenvalue weighted by molar-refractivity contribution is 0.309. The minimum absolute atomic E-state index is 0. The van der Waals surface area contributed by atoms with Crippen LogP contribution in [0.15, 0.2) is 34.6 Å². The van der Waals surface area contributed by atoms with Crippen LogP contribution < -0.4 is 20.3 Å². The van der Waals surface area contributed by atoms with Gasteiger partial charge < -0.3 is 20.3 Å².